The Morgan fingerprint density at radius 1 is 1.24 bits per heavy atom. The van der Waals surface area contributed by atoms with E-state index in [-0.39, 0.29) is 12.0 Å². The van der Waals surface area contributed by atoms with Gasteiger partial charge in [-0.1, -0.05) is 11.6 Å². The first kappa shape index (κ1) is 10.4. The molecule has 0 aromatic carbocycles. The molecule has 0 amide bonds. The average Bonchev–Trinajstić information content (AvgIpc) is 2.98. The average molecular weight is 230 g/mol. The van der Waals surface area contributed by atoms with Crippen LogP contribution in [0.15, 0.2) is 29.0 Å². The molecule has 5 heteroatoms. The van der Waals surface area contributed by atoms with E-state index in [1.54, 1.807) is 12.4 Å². The van der Waals surface area contributed by atoms with Crippen molar-refractivity contribution in [1.29, 1.82) is 0 Å². The Bertz CT molecular complexity index is 496. The van der Waals surface area contributed by atoms with Crippen LogP contribution in [0.5, 0.6) is 0 Å². The molecule has 1 aliphatic rings. The van der Waals surface area contributed by atoms with Gasteiger partial charge < -0.3 is 10.3 Å². The van der Waals surface area contributed by atoms with Crippen molar-refractivity contribution in [3.8, 4) is 11.4 Å². The van der Waals surface area contributed by atoms with E-state index in [1.807, 2.05) is 12.1 Å². The van der Waals surface area contributed by atoms with E-state index in [1.165, 1.54) is 0 Å². The van der Waals surface area contributed by atoms with Gasteiger partial charge in [-0.3, -0.25) is 4.98 Å². The molecule has 0 bridgehead atoms. The Hall–Kier alpha value is -1.75. The molecule has 2 N–H and O–H groups in total. The van der Waals surface area contributed by atoms with E-state index in [2.05, 4.69) is 15.1 Å². The van der Waals surface area contributed by atoms with Gasteiger partial charge in [0.1, 0.15) is 0 Å². The first-order chi connectivity index (χ1) is 8.34. The highest BCUT2D eigenvalue weighted by Gasteiger charge is 2.30. The fourth-order valence-electron chi connectivity index (χ4n) is 2.30. The zero-order chi connectivity index (χ0) is 11.7. The third-order valence-electron chi connectivity index (χ3n) is 3.27. The van der Waals surface area contributed by atoms with E-state index < -0.39 is 0 Å². The van der Waals surface area contributed by atoms with Crippen LogP contribution in [0.1, 0.15) is 31.1 Å². The van der Waals surface area contributed by atoms with E-state index in [4.69, 9.17) is 10.3 Å². The van der Waals surface area contributed by atoms with E-state index in [0.717, 1.165) is 24.8 Å². The largest absolute Gasteiger partial charge is 0.339 e. The van der Waals surface area contributed by atoms with Crippen LogP contribution in [0, 0.1) is 0 Å². The molecule has 1 saturated carbocycles. The van der Waals surface area contributed by atoms with Crippen LogP contribution < -0.4 is 5.73 Å². The minimum absolute atomic E-state index is 0.153. The van der Waals surface area contributed by atoms with Crippen LogP contribution in [-0.2, 0) is 0 Å². The molecule has 0 aliphatic heterocycles. The molecule has 3 rings (SSSR count). The molecule has 1 aliphatic carbocycles. The summed E-state index contributed by atoms with van der Waals surface area (Å²) in [6, 6.07) is 3.88. The summed E-state index contributed by atoms with van der Waals surface area (Å²) in [7, 11) is 0. The monoisotopic (exact) mass is 230 g/mol. The predicted octanol–water partition coefficient (Wildman–Crippen LogP) is 1.73. The van der Waals surface area contributed by atoms with Gasteiger partial charge in [0.05, 0.1) is 5.92 Å². The summed E-state index contributed by atoms with van der Waals surface area (Å²) < 4.78 is 5.31. The second kappa shape index (κ2) is 4.25. The smallest absolute Gasteiger partial charge is 0.231 e. The quantitative estimate of drug-likeness (QED) is 0.850. The van der Waals surface area contributed by atoms with Gasteiger partial charge in [-0.15, -0.1) is 0 Å². The maximum Gasteiger partial charge on any atom is 0.231 e. The Kier molecular flexibility index (Phi) is 2.60. The van der Waals surface area contributed by atoms with E-state index >= 15 is 0 Å². The number of aromatic nitrogens is 3. The molecule has 1 fully saturated rings. The maximum atomic E-state index is 6.02. The zero-order valence-electron chi connectivity index (χ0n) is 9.41. The topological polar surface area (TPSA) is 77.8 Å². The summed E-state index contributed by atoms with van der Waals surface area (Å²) in [4.78, 5) is 8.39. The van der Waals surface area contributed by atoms with Crippen LogP contribution in [-0.4, -0.2) is 21.2 Å². The summed E-state index contributed by atoms with van der Waals surface area (Å²) in [6.07, 6.45) is 6.65. The minimum Gasteiger partial charge on any atom is -0.339 e. The second-order valence-electron chi connectivity index (χ2n) is 4.39. The SMILES string of the molecule is N[C@H]1CCC[C@H]1c1nc(-c2ccncc2)no1. The van der Waals surface area contributed by atoms with Crippen molar-refractivity contribution in [3.05, 3.63) is 30.4 Å². The summed E-state index contributed by atoms with van der Waals surface area (Å²) in [5.41, 5.74) is 6.94. The van der Waals surface area contributed by atoms with Crippen molar-refractivity contribution in [3.63, 3.8) is 0 Å². The summed E-state index contributed by atoms with van der Waals surface area (Å²) in [6.45, 7) is 0. The van der Waals surface area contributed by atoms with Gasteiger partial charge in [0, 0.05) is 24.0 Å². The second-order valence-corrected chi connectivity index (χ2v) is 4.39. The third kappa shape index (κ3) is 1.93. The van der Waals surface area contributed by atoms with Crippen molar-refractivity contribution < 1.29 is 4.52 Å². The van der Waals surface area contributed by atoms with Crippen molar-refractivity contribution in [2.75, 3.05) is 0 Å². The van der Waals surface area contributed by atoms with Crippen molar-refractivity contribution in [2.24, 2.45) is 5.73 Å². The highest BCUT2D eigenvalue weighted by atomic mass is 16.5. The van der Waals surface area contributed by atoms with Crippen molar-refractivity contribution >= 4 is 0 Å². The number of nitrogens with two attached hydrogens (primary N) is 1. The Morgan fingerprint density at radius 2 is 2.06 bits per heavy atom. The number of nitrogens with zero attached hydrogens (tertiary/aromatic N) is 3. The maximum absolute atomic E-state index is 6.02. The fraction of sp³-hybridized carbons (Fsp3) is 0.417. The van der Waals surface area contributed by atoms with Gasteiger partial charge in [0.25, 0.3) is 0 Å². The van der Waals surface area contributed by atoms with Gasteiger partial charge >= 0.3 is 0 Å². The molecule has 5 nitrogen and oxygen atoms in total. The normalized spacial score (nSPS) is 24.1. The van der Waals surface area contributed by atoms with Gasteiger partial charge in [0.2, 0.25) is 11.7 Å². The molecule has 2 aromatic rings. The molecular weight excluding hydrogens is 216 g/mol. The summed E-state index contributed by atoms with van der Waals surface area (Å²) in [5.74, 6) is 1.50. The van der Waals surface area contributed by atoms with Crippen LogP contribution in [0.4, 0.5) is 0 Å². The Labute approximate surface area is 99.1 Å². The predicted molar refractivity (Wildman–Crippen MR) is 62.1 cm³/mol. The number of rotatable bonds is 2. The Morgan fingerprint density at radius 3 is 2.76 bits per heavy atom. The summed E-state index contributed by atoms with van der Waals surface area (Å²) in [5, 5.41) is 4.00. The van der Waals surface area contributed by atoms with Crippen molar-refractivity contribution in [1.82, 2.24) is 15.1 Å². The third-order valence-corrected chi connectivity index (χ3v) is 3.27. The van der Waals surface area contributed by atoms with Crippen LogP contribution >= 0.6 is 0 Å². The lowest BCUT2D eigenvalue weighted by Gasteiger charge is -2.08. The molecule has 0 radical (unpaired) electrons. The lowest BCUT2D eigenvalue weighted by Crippen LogP contribution is -2.22. The molecule has 0 spiro atoms. The number of pyridine rings is 1. The zero-order valence-corrected chi connectivity index (χ0v) is 9.41. The first-order valence-corrected chi connectivity index (χ1v) is 5.84. The fourth-order valence-corrected chi connectivity index (χ4v) is 2.30. The number of hydrogen-bond donors (Lipinski definition) is 1. The van der Waals surface area contributed by atoms with E-state index in [9.17, 15) is 0 Å². The summed E-state index contributed by atoms with van der Waals surface area (Å²) >= 11 is 0. The lowest BCUT2D eigenvalue weighted by molar-refractivity contribution is 0.345. The minimum atomic E-state index is 0.153. The van der Waals surface area contributed by atoms with Gasteiger partial charge in [-0.2, -0.15) is 4.98 Å². The van der Waals surface area contributed by atoms with E-state index in [0.29, 0.717) is 11.7 Å². The van der Waals surface area contributed by atoms with Gasteiger partial charge in [0.15, 0.2) is 0 Å². The molecule has 88 valence electrons. The Balaban J connectivity index is 1.88. The molecule has 2 heterocycles. The molecule has 0 saturated heterocycles. The van der Waals surface area contributed by atoms with Crippen LogP contribution in [0.25, 0.3) is 11.4 Å². The number of hydrogen-bond acceptors (Lipinski definition) is 5. The lowest BCUT2D eigenvalue weighted by atomic mass is 10.1. The van der Waals surface area contributed by atoms with Crippen LogP contribution in [0.3, 0.4) is 0 Å². The van der Waals surface area contributed by atoms with Gasteiger partial charge in [-0.25, -0.2) is 0 Å². The van der Waals surface area contributed by atoms with Crippen molar-refractivity contribution in [2.45, 2.75) is 31.2 Å². The highest BCUT2D eigenvalue weighted by molar-refractivity contribution is 5.52. The van der Waals surface area contributed by atoms with Crippen LogP contribution in [0.2, 0.25) is 0 Å². The molecule has 0 unspecified atom stereocenters. The molecule has 2 aromatic heterocycles. The highest BCUT2D eigenvalue weighted by Crippen LogP contribution is 2.33. The molecule has 2 atom stereocenters. The first-order valence-electron chi connectivity index (χ1n) is 5.84. The van der Waals surface area contributed by atoms with Gasteiger partial charge in [-0.05, 0) is 25.0 Å². The molecule has 17 heavy (non-hydrogen) atoms. The molecular formula is C12H14N4O. The standard InChI is InChI=1S/C12H14N4O/c13-10-3-1-2-9(10)12-15-11(16-17-12)8-4-6-14-7-5-8/h4-7,9-10H,1-3,13H2/t9-,10+/m1/s1.